The van der Waals surface area contributed by atoms with Gasteiger partial charge in [0.05, 0.1) is 27.5 Å². The Morgan fingerprint density at radius 1 is 1.38 bits per heavy atom. The van der Waals surface area contributed by atoms with E-state index < -0.39 is 10.0 Å². The molecule has 1 aromatic heterocycles. The van der Waals surface area contributed by atoms with E-state index in [0.29, 0.717) is 16.3 Å². The summed E-state index contributed by atoms with van der Waals surface area (Å²) in [4.78, 5) is 0.0687. The van der Waals surface area contributed by atoms with E-state index in [1.807, 2.05) is 13.8 Å². The van der Waals surface area contributed by atoms with Crippen molar-refractivity contribution in [2.24, 2.45) is 0 Å². The van der Waals surface area contributed by atoms with Crippen LogP contribution < -0.4 is 10.5 Å². The van der Waals surface area contributed by atoms with E-state index in [9.17, 15) is 8.42 Å². The summed E-state index contributed by atoms with van der Waals surface area (Å²) in [5, 5.41) is 4.45. The van der Waals surface area contributed by atoms with Crippen LogP contribution in [0.5, 0.6) is 0 Å². The van der Waals surface area contributed by atoms with Crippen molar-refractivity contribution in [2.45, 2.75) is 31.7 Å². The van der Waals surface area contributed by atoms with Gasteiger partial charge in [0.1, 0.15) is 0 Å². The van der Waals surface area contributed by atoms with E-state index >= 15 is 0 Å². The molecule has 0 atom stereocenters. The third-order valence-corrected chi connectivity index (χ3v) is 4.83. The average molecular weight is 329 g/mol. The zero-order chi connectivity index (χ0) is 15.8. The summed E-state index contributed by atoms with van der Waals surface area (Å²) in [5.41, 5.74) is 6.95. The molecule has 114 valence electrons. The van der Waals surface area contributed by atoms with Crippen LogP contribution in [-0.2, 0) is 10.0 Å². The smallest absolute Gasteiger partial charge is 0.262 e. The zero-order valence-electron chi connectivity index (χ0n) is 12.0. The number of nitrogens with zero attached hydrogens (tertiary/aromatic N) is 2. The molecule has 6 nitrogen and oxygen atoms in total. The maximum atomic E-state index is 12.3. The number of nitrogens with one attached hydrogen (secondary N) is 1. The van der Waals surface area contributed by atoms with Crippen molar-refractivity contribution >= 4 is 33.0 Å². The molecular formula is C13H17ClN4O2S. The van der Waals surface area contributed by atoms with Gasteiger partial charge in [-0.05, 0) is 38.5 Å². The van der Waals surface area contributed by atoms with Crippen LogP contribution >= 0.6 is 11.6 Å². The minimum absolute atomic E-state index is 0.0687. The van der Waals surface area contributed by atoms with Crippen molar-refractivity contribution in [3.05, 3.63) is 35.1 Å². The van der Waals surface area contributed by atoms with Crippen molar-refractivity contribution in [1.82, 2.24) is 9.78 Å². The van der Waals surface area contributed by atoms with Gasteiger partial charge in [0, 0.05) is 12.2 Å². The predicted octanol–water partition coefficient (Wildman–Crippen LogP) is 2.81. The number of aromatic nitrogens is 2. The third-order valence-electron chi connectivity index (χ3n) is 2.95. The minimum Gasteiger partial charge on any atom is -0.397 e. The first kappa shape index (κ1) is 15.7. The maximum absolute atomic E-state index is 12.3. The zero-order valence-corrected chi connectivity index (χ0v) is 13.5. The SMILES string of the molecule is Cc1cc(S(=O)(=O)Nc2cnn(C(C)C)c2)cc(N)c1Cl. The van der Waals surface area contributed by atoms with Crippen molar-refractivity contribution in [3.8, 4) is 0 Å². The van der Waals surface area contributed by atoms with Gasteiger partial charge >= 0.3 is 0 Å². The Kier molecular flexibility index (Phi) is 4.15. The number of halogens is 1. The molecule has 0 bridgehead atoms. The Balaban J connectivity index is 2.33. The Bertz CT molecular complexity index is 745. The monoisotopic (exact) mass is 328 g/mol. The van der Waals surface area contributed by atoms with Crippen LogP contribution in [0.4, 0.5) is 11.4 Å². The fourth-order valence-electron chi connectivity index (χ4n) is 1.81. The highest BCUT2D eigenvalue weighted by atomic mass is 35.5. The van der Waals surface area contributed by atoms with Gasteiger partial charge in [0.2, 0.25) is 0 Å². The number of nitrogens with two attached hydrogens (primary N) is 1. The molecule has 0 fully saturated rings. The van der Waals surface area contributed by atoms with Gasteiger partial charge in [-0.15, -0.1) is 0 Å². The molecule has 2 aromatic rings. The van der Waals surface area contributed by atoms with Gasteiger partial charge < -0.3 is 5.73 Å². The van der Waals surface area contributed by atoms with E-state index in [0.717, 1.165) is 0 Å². The fourth-order valence-corrected chi connectivity index (χ4v) is 3.06. The van der Waals surface area contributed by atoms with Crippen LogP contribution in [0, 0.1) is 6.92 Å². The van der Waals surface area contributed by atoms with Crippen LogP contribution in [0.2, 0.25) is 5.02 Å². The highest BCUT2D eigenvalue weighted by Crippen LogP contribution is 2.27. The first-order chi connectivity index (χ1) is 9.70. The molecule has 0 amide bonds. The number of sulfonamides is 1. The lowest BCUT2D eigenvalue weighted by Gasteiger charge is -2.09. The average Bonchev–Trinajstić information content (AvgIpc) is 2.83. The normalized spacial score (nSPS) is 11.9. The molecule has 2 rings (SSSR count). The highest BCUT2D eigenvalue weighted by molar-refractivity contribution is 7.92. The Hall–Kier alpha value is -1.73. The molecule has 0 aliphatic rings. The third kappa shape index (κ3) is 3.30. The van der Waals surface area contributed by atoms with Gasteiger partial charge in [-0.25, -0.2) is 8.42 Å². The van der Waals surface area contributed by atoms with E-state index in [4.69, 9.17) is 17.3 Å². The van der Waals surface area contributed by atoms with E-state index in [1.54, 1.807) is 17.8 Å². The lowest BCUT2D eigenvalue weighted by atomic mass is 10.2. The second kappa shape index (κ2) is 5.57. The van der Waals surface area contributed by atoms with Crippen LogP contribution in [0.1, 0.15) is 25.5 Å². The molecule has 0 unspecified atom stereocenters. The first-order valence-corrected chi connectivity index (χ1v) is 8.19. The molecule has 1 heterocycles. The number of hydrogen-bond donors (Lipinski definition) is 2. The summed E-state index contributed by atoms with van der Waals surface area (Å²) in [6.45, 7) is 5.61. The van der Waals surface area contributed by atoms with Crippen molar-refractivity contribution in [1.29, 1.82) is 0 Å². The number of rotatable bonds is 4. The van der Waals surface area contributed by atoms with E-state index in [1.165, 1.54) is 18.3 Å². The Morgan fingerprint density at radius 3 is 2.57 bits per heavy atom. The number of benzene rings is 1. The van der Waals surface area contributed by atoms with Crippen molar-refractivity contribution < 1.29 is 8.42 Å². The molecule has 21 heavy (non-hydrogen) atoms. The van der Waals surface area contributed by atoms with Crippen LogP contribution in [0.3, 0.4) is 0 Å². The summed E-state index contributed by atoms with van der Waals surface area (Å²) in [6, 6.07) is 2.97. The standard InChI is InChI=1S/C13H17ClN4O2S/c1-8(2)18-7-10(6-16-18)17-21(19,20)11-4-9(3)13(14)12(15)5-11/h4-8,17H,15H2,1-3H3. The summed E-state index contributed by atoms with van der Waals surface area (Å²) < 4.78 is 28.8. The second-order valence-corrected chi connectivity index (χ2v) is 7.11. The molecule has 8 heteroatoms. The van der Waals surface area contributed by atoms with E-state index in [-0.39, 0.29) is 16.6 Å². The summed E-state index contributed by atoms with van der Waals surface area (Å²) in [7, 11) is -3.73. The summed E-state index contributed by atoms with van der Waals surface area (Å²) >= 11 is 5.94. The summed E-state index contributed by atoms with van der Waals surface area (Å²) in [6.07, 6.45) is 3.10. The Labute approximate surface area is 129 Å². The van der Waals surface area contributed by atoms with Crippen molar-refractivity contribution in [2.75, 3.05) is 10.5 Å². The number of anilines is 2. The van der Waals surface area contributed by atoms with Crippen LogP contribution in [0.25, 0.3) is 0 Å². The van der Waals surface area contributed by atoms with Crippen LogP contribution in [0.15, 0.2) is 29.4 Å². The van der Waals surface area contributed by atoms with Gasteiger partial charge in [-0.2, -0.15) is 5.10 Å². The molecule has 0 spiro atoms. The molecule has 3 N–H and O–H groups in total. The maximum Gasteiger partial charge on any atom is 0.262 e. The summed E-state index contributed by atoms with van der Waals surface area (Å²) in [5.74, 6) is 0. The largest absolute Gasteiger partial charge is 0.397 e. The number of hydrogen-bond acceptors (Lipinski definition) is 4. The molecular weight excluding hydrogens is 312 g/mol. The molecule has 0 aliphatic carbocycles. The lowest BCUT2D eigenvalue weighted by Crippen LogP contribution is -2.13. The number of aryl methyl sites for hydroxylation is 1. The fraction of sp³-hybridized carbons (Fsp3) is 0.308. The van der Waals surface area contributed by atoms with Gasteiger partial charge in [0.25, 0.3) is 10.0 Å². The molecule has 0 radical (unpaired) electrons. The molecule has 0 aliphatic heterocycles. The van der Waals surface area contributed by atoms with Gasteiger partial charge in [0.15, 0.2) is 0 Å². The quantitative estimate of drug-likeness (QED) is 0.844. The molecule has 0 saturated carbocycles. The lowest BCUT2D eigenvalue weighted by molar-refractivity contribution is 0.532. The molecule has 1 aromatic carbocycles. The first-order valence-electron chi connectivity index (χ1n) is 6.33. The van der Waals surface area contributed by atoms with Crippen LogP contribution in [-0.4, -0.2) is 18.2 Å². The Morgan fingerprint density at radius 2 is 2.05 bits per heavy atom. The predicted molar refractivity (Wildman–Crippen MR) is 84.0 cm³/mol. The van der Waals surface area contributed by atoms with Gasteiger partial charge in [-0.1, -0.05) is 11.6 Å². The van der Waals surface area contributed by atoms with Gasteiger partial charge in [-0.3, -0.25) is 9.40 Å². The second-order valence-electron chi connectivity index (χ2n) is 5.05. The van der Waals surface area contributed by atoms with Crippen molar-refractivity contribution in [3.63, 3.8) is 0 Å². The highest BCUT2D eigenvalue weighted by Gasteiger charge is 2.18. The minimum atomic E-state index is -3.73. The number of nitrogen functional groups attached to an aromatic ring is 1. The van der Waals surface area contributed by atoms with E-state index in [2.05, 4.69) is 9.82 Å². The topological polar surface area (TPSA) is 90.0 Å². The molecule has 0 saturated heterocycles.